The molecule has 0 amide bonds. The molecule has 2 rings (SSSR count). The van der Waals surface area contributed by atoms with Crippen LogP contribution in [0.15, 0.2) is 0 Å². The summed E-state index contributed by atoms with van der Waals surface area (Å²) in [4.78, 5) is 15.4. The quantitative estimate of drug-likeness (QED) is 0.744. The number of nitrogens with zero attached hydrogens (tertiary/aromatic N) is 2. The van der Waals surface area contributed by atoms with Gasteiger partial charge in [0.15, 0.2) is 0 Å². The zero-order valence-electron chi connectivity index (χ0n) is 12.0. The van der Waals surface area contributed by atoms with Gasteiger partial charge in [0.05, 0.1) is 19.3 Å². The molecule has 1 heterocycles. The van der Waals surface area contributed by atoms with Crippen LogP contribution in [-0.4, -0.2) is 72.4 Å². The van der Waals surface area contributed by atoms with E-state index in [4.69, 9.17) is 9.84 Å². The summed E-state index contributed by atoms with van der Waals surface area (Å²) in [5.74, 6) is -0.0703. The van der Waals surface area contributed by atoms with E-state index in [9.17, 15) is 4.79 Å². The van der Waals surface area contributed by atoms with Gasteiger partial charge in [-0.1, -0.05) is 13.8 Å². The van der Waals surface area contributed by atoms with Crippen LogP contribution >= 0.6 is 0 Å². The summed E-state index contributed by atoms with van der Waals surface area (Å²) in [7, 11) is 0. The van der Waals surface area contributed by atoms with Crippen molar-refractivity contribution in [2.24, 2.45) is 5.92 Å². The van der Waals surface area contributed by atoms with Gasteiger partial charge in [-0.15, -0.1) is 0 Å². The van der Waals surface area contributed by atoms with Crippen LogP contribution in [0.5, 0.6) is 0 Å². The maximum Gasteiger partial charge on any atom is 0.317 e. The van der Waals surface area contributed by atoms with Crippen molar-refractivity contribution in [1.82, 2.24) is 9.80 Å². The van der Waals surface area contributed by atoms with E-state index in [2.05, 4.69) is 23.6 Å². The highest BCUT2D eigenvalue weighted by Gasteiger charge is 2.33. The molecule has 19 heavy (non-hydrogen) atoms. The average molecular weight is 270 g/mol. The summed E-state index contributed by atoms with van der Waals surface area (Å²) in [6.45, 7) is 9.15. The summed E-state index contributed by atoms with van der Waals surface area (Å²) >= 11 is 0. The molecule has 0 spiro atoms. The number of hydrogen-bond acceptors (Lipinski definition) is 4. The number of rotatable bonds is 7. The highest BCUT2D eigenvalue weighted by atomic mass is 16.5. The van der Waals surface area contributed by atoms with E-state index in [0.29, 0.717) is 12.0 Å². The van der Waals surface area contributed by atoms with Crippen LogP contribution in [0.2, 0.25) is 0 Å². The molecule has 0 aromatic carbocycles. The Bertz CT molecular complexity index is 305. The van der Waals surface area contributed by atoms with Crippen molar-refractivity contribution < 1.29 is 14.6 Å². The van der Waals surface area contributed by atoms with Gasteiger partial charge in [-0.2, -0.15) is 0 Å². The van der Waals surface area contributed by atoms with Crippen molar-refractivity contribution in [2.75, 3.05) is 39.3 Å². The molecule has 0 aromatic heterocycles. The lowest BCUT2D eigenvalue weighted by Gasteiger charge is -2.36. The lowest BCUT2D eigenvalue weighted by atomic mass is 10.1. The maximum atomic E-state index is 10.9. The first-order valence-electron chi connectivity index (χ1n) is 7.34. The first-order valence-corrected chi connectivity index (χ1v) is 7.34. The third-order valence-electron chi connectivity index (χ3n) is 3.69. The smallest absolute Gasteiger partial charge is 0.317 e. The molecule has 2 aliphatic rings. The monoisotopic (exact) mass is 270 g/mol. The summed E-state index contributed by atoms with van der Waals surface area (Å²) < 4.78 is 5.80. The molecule has 1 saturated heterocycles. The van der Waals surface area contributed by atoms with Crippen molar-refractivity contribution in [3.8, 4) is 0 Å². The standard InChI is InChI=1S/C14H26N2O3/c1-11(2)7-15-5-6-19-13(8-15)9-16(10-14(17)18)12-3-4-12/h11-13H,3-10H2,1-2H3,(H,17,18). The van der Waals surface area contributed by atoms with Crippen LogP contribution in [-0.2, 0) is 9.53 Å². The molecule has 0 radical (unpaired) electrons. The fourth-order valence-electron chi connectivity index (χ4n) is 2.79. The number of ether oxygens (including phenoxy) is 1. The Kier molecular flexibility index (Phi) is 5.19. The van der Waals surface area contributed by atoms with E-state index >= 15 is 0 Å². The van der Waals surface area contributed by atoms with Crippen molar-refractivity contribution in [3.05, 3.63) is 0 Å². The van der Waals surface area contributed by atoms with Gasteiger partial charge < -0.3 is 9.84 Å². The molecule has 2 fully saturated rings. The van der Waals surface area contributed by atoms with E-state index in [0.717, 1.165) is 45.6 Å². The molecule has 1 saturated carbocycles. The summed E-state index contributed by atoms with van der Waals surface area (Å²) in [5, 5.41) is 8.97. The number of hydrogen-bond donors (Lipinski definition) is 1. The molecule has 1 aliphatic heterocycles. The minimum Gasteiger partial charge on any atom is -0.480 e. The lowest BCUT2D eigenvalue weighted by Crippen LogP contribution is -2.49. The van der Waals surface area contributed by atoms with E-state index in [1.165, 1.54) is 0 Å². The first kappa shape index (κ1) is 14.8. The van der Waals surface area contributed by atoms with Crippen LogP contribution < -0.4 is 0 Å². The van der Waals surface area contributed by atoms with Gasteiger partial charge in [0.1, 0.15) is 0 Å². The van der Waals surface area contributed by atoms with Crippen molar-refractivity contribution in [1.29, 1.82) is 0 Å². The minimum absolute atomic E-state index is 0.148. The van der Waals surface area contributed by atoms with Crippen LogP contribution in [0.3, 0.4) is 0 Å². The second-order valence-corrected chi connectivity index (χ2v) is 6.20. The van der Waals surface area contributed by atoms with Crippen LogP contribution in [0.4, 0.5) is 0 Å². The second kappa shape index (κ2) is 6.68. The van der Waals surface area contributed by atoms with Gasteiger partial charge in [-0.3, -0.25) is 14.6 Å². The molecule has 1 N–H and O–H groups in total. The second-order valence-electron chi connectivity index (χ2n) is 6.20. The van der Waals surface area contributed by atoms with Gasteiger partial charge in [0, 0.05) is 32.2 Å². The molecule has 1 atom stereocenters. The predicted molar refractivity (Wildman–Crippen MR) is 73.2 cm³/mol. The number of morpholine rings is 1. The summed E-state index contributed by atoms with van der Waals surface area (Å²) in [5.41, 5.74) is 0. The van der Waals surface area contributed by atoms with Crippen molar-refractivity contribution in [2.45, 2.75) is 38.8 Å². The van der Waals surface area contributed by atoms with Gasteiger partial charge in [0.2, 0.25) is 0 Å². The molecule has 0 bridgehead atoms. The third-order valence-corrected chi connectivity index (χ3v) is 3.69. The van der Waals surface area contributed by atoms with E-state index in [1.54, 1.807) is 0 Å². The Morgan fingerprint density at radius 1 is 1.47 bits per heavy atom. The molecule has 1 unspecified atom stereocenters. The average Bonchev–Trinajstić information content (AvgIpc) is 3.10. The number of carboxylic acid groups (broad SMARTS) is 1. The Hall–Kier alpha value is -0.650. The first-order chi connectivity index (χ1) is 9.04. The number of carboxylic acids is 1. The molecule has 110 valence electrons. The Balaban J connectivity index is 1.81. The van der Waals surface area contributed by atoms with Crippen molar-refractivity contribution in [3.63, 3.8) is 0 Å². The highest BCUT2D eigenvalue weighted by Crippen LogP contribution is 2.27. The Morgan fingerprint density at radius 2 is 2.21 bits per heavy atom. The Morgan fingerprint density at radius 3 is 2.79 bits per heavy atom. The summed E-state index contributed by atoms with van der Waals surface area (Å²) in [6, 6.07) is 0.472. The zero-order chi connectivity index (χ0) is 13.8. The van der Waals surface area contributed by atoms with E-state index in [-0.39, 0.29) is 12.6 Å². The van der Waals surface area contributed by atoms with Crippen LogP contribution in [0.25, 0.3) is 0 Å². The maximum absolute atomic E-state index is 10.9. The SMILES string of the molecule is CC(C)CN1CCOC(CN(CC(=O)O)C2CC2)C1. The van der Waals surface area contributed by atoms with Crippen LogP contribution in [0.1, 0.15) is 26.7 Å². The fraction of sp³-hybridized carbons (Fsp3) is 0.929. The number of aliphatic carboxylic acids is 1. The lowest BCUT2D eigenvalue weighted by molar-refractivity contribution is -0.139. The molecule has 0 aromatic rings. The fourth-order valence-corrected chi connectivity index (χ4v) is 2.79. The van der Waals surface area contributed by atoms with Gasteiger partial charge in [0.25, 0.3) is 0 Å². The van der Waals surface area contributed by atoms with Gasteiger partial charge in [-0.25, -0.2) is 0 Å². The normalized spacial score (nSPS) is 25.2. The number of carbonyl (C=O) groups is 1. The molecular formula is C14H26N2O3. The van der Waals surface area contributed by atoms with Gasteiger partial charge >= 0.3 is 5.97 Å². The third kappa shape index (κ3) is 5.09. The highest BCUT2D eigenvalue weighted by molar-refractivity contribution is 5.69. The zero-order valence-corrected chi connectivity index (χ0v) is 12.0. The molecule has 5 nitrogen and oxygen atoms in total. The summed E-state index contributed by atoms with van der Waals surface area (Å²) in [6.07, 6.45) is 2.43. The van der Waals surface area contributed by atoms with Crippen LogP contribution in [0, 0.1) is 5.92 Å². The largest absolute Gasteiger partial charge is 0.480 e. The predicted octanol–water partition coefficient (Wildman–Crippen LogP) is 0.892. The van der Waals surface area contributed by atoms with Gasteiger partial charge in [-0.05, 0) is 18.8 Å². The van der Waals surface area contributed by atoms with Crippen molar-refractivity contribution >= 4 is 5.97 Å². The molecular weight excluding hydrogens is 244 g/mol. The molecule has 1 aliphatic carbocycles. The molecule has 5 heteroatoms. The Labute approximate surface area is 115 Å². The minimum atomic E-state index is -0.734. The topological polar surface area (TPSA) is 53.0 Å². The van der Waals surface area contributed by atoms with E-state index in [1.807, 2.05) is 0 Å². The van der Waals surface area contributed by atoms with E-state index < -0.39 is 5.97 Å².